The minimum Gasteiger partial charge on any atom is -0.366 e. The first-order chi connectivity index (χ1) is 8.51. The van der Waals surface area contributed by atoms with Crippen molar-refractivity contribution in [2.45, 2.75) is 6.92 Å². The number of amides is 1. The third-order valence-electron chi connectivity index (χ3n) is 2.58. The van der Waals surface area contributed by atoms with Gasteiger partial charge in [-0.15, -0.1) is 0 Å². The Morgan fingerprint density at radius 3 is 2.61 bits per heavy atom. The van der Waals surface area contributed by atoms with Crippen molar-refractivity contribution in [3.63, 3.8) is 0 Å². The van der Waals surface area contributed by atoms with Crippen LogP contribution in [0.25, 0.3) is 0 Å². The quantitative estimate of drug-likeness (QED) is 0.564. The van der Waals surface area contributed by atoms with Gasteiger partial charge in [-0.1, -0.05) is 0 Å². The van der Waals surface area contributed by atoms with E-state index in [0.717, 1.165) is 0 Å². The van der Waals surface area contributed by atoms with Crippen molar-refractivity contribution in [1.29, 1.82) is 0 Å². The second-order valence-corrected chi connectivity index (χ2v) is 3.69. The number of likely N-dealkylation sites (N-methyl/N-ethyl adjacent to an activating group) is 1. The Bertz CT molecular complexity index is 462. The van der Waals surface area contributed by atoms with Gasteiger partial charge in [0.1, 0.15) is 5.69 Å². The molecule has 0 fully saturated rings. The maximum absolute atomic E-state index is 11.0. The first-order valence-electron chi connectivity index (χ1n) is 5.54. The van der Waals surface area contributed by atoms with Gasteiger partial charge < -0.3 is 16.4 Å². The first-order valence-corrected chi connectivity index (χ1v) is 5.54. The van der Waals surface area contributed by atoms with E-state index in [9.17, 15) is 14.9 Å². The second-order valence-electron chi connectivity index (χ2n) is 3.69. The number of rotatable bonds is 6. The maximum Gasteiger partial charge on any atom is 0.293 e. The van der Waals surface area contributed by atoms with Gasteiger partial charge in [-0.25, -0.2) is 0 Å². The minimum atomic E-state index is -0.688. The topological polar surface area (TPSA) is 115 Å². The van der Waals surface area contributed by atoms with E-state index in [0.29, 0.717) is 25.3 Å². The van der Waals surface area contributed by atoms with E-state index >= 15 is 0 Å². The molecule has 0 aliphatic carbocycles. The number of carbonyl (C=O) groups excluding carboxylic acids is 1. The van der Waals surface area contributed by atoms with E-state index in [4.69, 9.17) is 11.5 Å². The van der Waals surface area contributed by atoms with Crippen molar-refractivity contribution < 1.29 is 9.72 Å². The summed E-state index contributed by atoms with van der Waals surface area (Å²) in [7, 11) is 0. The average molecular weight is 252 g/mol. The molecule has 0 bridgehead atoms. The Morgan fingerprint density at radius 1 is 1.50 bits per heavy atom. The van der Waals surface area contributed by atoms with Crippen molar-refractivity contribution in [1.82, 2.24) is 0 Å². The number of nitro groups is 1. The molecule has 7 heteroatoms. The highest BCUT2D eigenvalue weighted by Crippen LogP contribution is 2.28. The van der Waals surface area contributed by atoms with Gasteiger partial charge >= 0.3 is 0 Å². The number of carbonyl (C=O) groups is 1. The number of hydrogen-bond acceptors (Lipinski definition) is 5. The van der Waals surface area contributed by atoms with Crippen LogP contribution in [0.3, 0.4) is 0 Å². The highest BCUT2D eigenvalue weighted by atomic mass is 16.6. The summed E-state index contributed by atoms with van der Waals surface area (Å²) in [6, 6.07) is 4.19. The van der Waals surface area contributed by atoms with E-state index in [1.165, 1.54) is 18.2 Å². The largest absolute Gasteiger partial charge is 0.366 e. The molecule has 1 aromatic rings. The van der Waals surface area contributed by atoms with Crippen molar-refractivity contribution in [3.05, 3.63) is 33.9 Å². The molecular weight excluding hydrogens is 236 g/mol. The molecule has 98 valence electrons. The summed E-state index contributed by atoms with van der Waals surface area (Å²) in [5, 5.41) is 11.0. The summed E-state index contributed by atoms with van der Waals surface area (Å²) >= 11 is 0. The van der Waals surface area contributed by atoms with Crippen molar-refractivity contribution in [3.8, 4) is 0 Å². The summed E-state index contributed by atoms with van der Waals surface area (Å²) in [6.07, 6.45) is 0. The second kappa shape index (κ2) is 5.97. The lowest BCUT2D eigenvalue weighted by Gasteiger charge is -2.22. The lowest BCUT2D eigenvalue weighted by atomic mass is 10.1. The molecule has 1 rings (SSSR count). The van der Waals surface area contributed by atoms with Crippen LogP contribution in [0, 0.1) is 10.1 Å². The Labute approximate surface area is 105 Å². The van der Waals surface area contributed by atoms with Crippen LogP contribution in [0.15, 0.2) is 18.2 Å². The summed E-state index contributed by atoms with van der Waals surface area (Å²) < 4.78 is 0. The van der Waals surface area contributed by atoms with E-state index in [-0.39, 0.29) is 11.3 Å². The molecule has 18 heavy (non-hydrogen) atoms. The van der Waals surface area contributed by atoms with Gasteiger partial charge in [0.05, 0.1) is 4.92 Å². The standard InChI is InChI=1S/C11H16N4O3/c1-2-14(6-5-12)9-4-3-8(11(13)16)7-10(9)15(17)18/h3-4,7H,2,5-6,12H2,1H3,(H2,13,16). The smallest absolute Gasteiger partial charge is 0.293 e. The van der Waals surface area contributed by atoms with Crippen molar-refractivity contribution in [2.24, 2.45) is 11.5 Å². The summed E-state index contributed by atoms with van der Waals surface area (Å²) in [6.45, 7) is 3.37. The van der Waals surface area contributed by atoms with Crippen LogP contribution < -0.4 is 16.4 Å². The fourth-order valence-corrected chi connectivity index (χ4v) is 1.70. The third kappa shape index (κ3) is 2.95. The first kappa shape index (κ1) is 13.9. The van der Waals surface area contributed by atoms with Gasteiger partial charge in [-0.05, 0) is 19.1 Å². The van der Waals surface area contributed by atoms with Crippen molar-refractivity contribution >= 4 is 17.3 Å². The zero-order valence-electron chi connectivity index (χ0n) is 10.1. The zero-order chi connectivity index (χ0) is 13.7. The molecule has 0 atom stereocenters. The highest BCUT2D eigenvalue weighted by Gasteiger charge is 2.20. The maximum atomic E-state index is 11.0. The van der Waals surface area contributed by atoms with Crippen LogP contribution in [-0.4, -0.2) is 30.5 Å². The van der Waals surface area contributed by atoms with Crippen LogP contribution >= 0.6 is 0 Å². The SMILES string of the molecule is CCN(CCN)c1ccc(C(N)=O)cc1[N+](=O)[O-]. The number of anilines is 1. The zero-order valence-corrected chi connectivity index (χ0v) is 10.1. The molecule has 0 aromatic heterocycles. The summed E-state index contributed by atoms with van der Waals surface area (Å²) in [5.74, 6) is -0.688. The molecule has 0 saturated carbocycles. The molecule has 1 aromatic carbocycles. The lowest BCUT2D eigenvalue weighted by Crippen LogP contribution is -2.29. The number of primary amides is 1. The molecule has 0 spiro atoms. The Kier molecular flexibility index (Phi) is 4.61. The molecule has 0 radical (unpaired) electrons. The van der Waals surface area contributed by atoms with Crippen molar-refractivity contribution in [2.75, 3.05) is 24.5 Å². The number of nitro benzene ring substituents is 1. The third-order valence-corrected chi connectivity index (χ3v) is 2.58. The van der Waals surface area contributed by atoms with Crippen LogP contribution in [0.5, 0.6) is 0 Å². The molecule has 1 amide bonds. The summed E-state index contributed by atoms with van der Waals surface area (Å²) in [4.78, 5) is 23.3. The molecule has 0 unspecified atom stereocenters. The summed E-state index contributed by atoms with van der Waals surface area (Å²) in [5.41, 5.74) is 11.0. The molecule has 0 aliphatic heterocycles. The van der Waals surface area contributed by atoms with E-state index in [2.05, 4.69) is 0 Å². The van der Waals surface area contributed by atoms with E-state index < -0.39 is 10.8 Å². The fourth-order valence-electron chi connectivity index (χ4n) is 1.70. The number of benzene rings is 1. The van der Waals surface area contributed by atoms with Gasteiger partial charge in [0, 0.05) is 31.3 Å². The predicted molar refractivity (Wildman–Crippen MR) is 68.6 cm³/mol. The molecule has 7 nitrogen and oxygen atoms in total. The van der Waals surface area contributed by atoms with Crippen LogP contribution in [0.2, 0.25) is 0 Å². The van der Waals surface area contributed by atoms with Gasteiger partial charge in [0.15, 0.2) is 0 Å². The molecular formula is C11H16N4O3. The number of nitrogens with zero attached hydrogens (tertiary/aromatic N) is 2. The Hall–Kier alpha value is -2.15. The van der Waals surface area contributed by atoms with E-state index in [1.54, 1.807) is 4.90 Å². The molecule has 0 heterocycles. The number of hydrogen-bond donors (Lipinski definition) is 2. The average Bonchev–Trinajstić information content (AvgIpc) is 2.35. The van der Waals surface area contributed by atoms with Gasteiger partial charge in [-0.2, -0.15) is 0 Å². The molecule has 0 saturated heterocycles. The van der Waals surface area contributed by atoms with Gasteiger partial charge in [0.2, 0.25) is 5.91 Å². The van der Waals surface area contributed by atoms with Gasteiger partial charge in [0.25, 0.3) is 5.69 Å². The molecule has 4 N–H and O–H groups in total. The predicted octanol–water partition coefficient (Wildman–Crippen LogP) is 0.479. The lowest BCUT2D eigenvalue weighted by molar-refractivity contribution is -0.384. The normalized spacial score (nSPS) is 10.1. The monoisotopic (exact) mass is 252 g/mol. The number of nitrogens with two attached hydrogens (primary N) is 2. The fraction of sp³-hybridized carbons (Fsp3) is 0.364. The minimum absolute atomic E-state index is 0.120. The van der Waals surface area contributed by atoms with E-state index in [1.807, 2.05) is 6.92 Å². The highest BCUT2D eigenvalue weighted by molar-refractivity contribution is 5.94. The van der Waals surface area contributed by atoms with Crippen LogP contribution in [-0.2, 0) is 0 Å². The molecule has 0 aliphatic rings. The van der Waals surface area contributed by atoms with Crippen LogP contribution in [0.1, 0.15) is 17.3 Å². The van der Waals surface area contributed by atoms with Gasteiger partial charge in [-0.3, -0.25) is 14.9 Å². The Morgan fingerprint density at radius 2 is 2.17 bits per heavy atom. The van der Waals surface area contributed by atoms with Crippen LogP contribution in [0.4, 0.5) is 11.4 Å². The Balaban J connectivity index is 3.26.